The molecule has 0 aliphatic heterocycles. The fourth-order valence-corrected chi connectivity index (χ4v) is 7.27. The molecule has 2 unspecified atom stereocenters. The first kappa shape index (κ1) is 15.8. The molecule has 0 N–H and O–H groups in total. The molecule has 3 heteroatoms. The van der Waals surface area contributed by atoms with Gasteiger partial charge in [0.25, 0.3) is 0 Å². The fourth-order valence-electron chi connectivity index (χ4n) is 3.33. The van der Waals surface area contributed by atoms with E-state index in [1.165, 1.54) is 36.8 Å². The number of rotatable bonds is 4. The van der Waals surface area contributed by atoms with Gasteiger partial charge in [0, 0.05) is 10.7 Å². The molecule has 106 valence electrons. The van der Waals surface area contributed by atoms with Gasteiger partial charge in [-0.3, -0.25) is 0 Å². The summed E-state index contributed by atoms with van der Waals surface area (Å²) in [5.41, 5.74) is 2.95. The van der Waals surface area contributed by atoms with E-state index in [-0.39, 0.29) is 9.52 Å². The van der Waals surface area contributed by atoms with Crippen LogP contribution in [0.4, 0.5) is 0 Å². The maximum Gasteiger partial charge on any atom is 0.0613 e. The number of alkyl halides is 2. The van der Waals surface area contributed by atoms with Gasteiger partial charge in [0.1, 0.15) is 0 Å². The van der Waals surface area contributed by atoms with Gasteiger partial charge < -0.3 is 0 Å². The SMILES string of the molecule is CC1CCCCC1(C)[SiH2]c1cc(CBr)ccc1CBr. The molecule has 0 nitrogen and oxygen atoms in total. The van der Waals surface area contributed by atoms with Crippen molar-refractivity contribution in [1.82, 2.24) is 0 Å². The Kier molecular flexibility index (Phi) is 5.73. The van der Waals surface area contributed by atoms with E-state index in [2.05, 4.69) is 63.9 Å². The summed E-state index contributed by atoms with van der Waals surface area (Å²) >= 11 is 7.26. The van der Waals surface area contributed by atoms with Crippen LogP contribution in [0.5, 0.6) is 0 Å². The van der Waals surface area contributed by atoms with Crippen LogP contribution in [0.1, 0.15) is 50.7 Å². The van der Waals surface area contributed by atoms with E-state index in [0.29, 0.717) is 5.04 Å². The summed E-state index contributed by atoms with van der Waals surface area (Å²) in [6.07, 6.45) is 5.76. The molecule has 2 atom stereocenters. The Morgan fingerprint density at radius 2 is 2.05 bits per heavy atom. The lowest BCUT2D eigenvalue weighted by atomic mass is 9.81. The highest BCUT2D eigenvalue weighted by molar-refractivity contribution is 9.08. The van der Waals surface area contributed by atoms with E-state index in [1.54, 1.807) is 5.19 Å². The highest BCUT2D eigenvalue weighted by Crippen LogP contribution is 2.46. The lowest BCUT2D eigenvalue weighted by Crippen LogP contribution is -2.36. The molecule has 0 saturated heterocycles. The maximum atomic E-state index is 3.66. The average Bonchev–Trinajstić information content (AvgIpc) is 2.42. The van der Waals surface area contributed by atoms with Gasteiger partial charge in [-0.15, -0.1) is 0 Å². The van der Waals surface area contributed by atoms with Gasteiger partial charge in [-0.05, 0) is 22.1 Å². The Balaban J connectivity index is 2.25. The van der Waals surface area contributed by atoms with Gasteiger partial charge >= 0.3 is 0 Å². The zero-order valence-electron chi connectivity index (χ0n) is 12.0. The third kappa shape index (κ3) is 3.73. The van der Waals surface area contributed by atoms with Gasteiger partial charge in [-0.2, -0.15) is 0 Å². The first-order valence-electron chi connectivity index (χ1n) is 7.31. The number of halogens is 2. The fraction of sp³-hybridized carbons (Fsp3) is 0.625. The molecule has 1 aliphatic carbocycles. The molecule has 1 aliphatic rings. The predicted molar refractivity (Wildman–Crippen MR) is 95.9 cm³/mol. The Morgan fingerprint density at radius 1 is 1.26 bits per heavy atom. The van der Waals surface area contributed by atoms with Crippen molar-refractivity contribution in [3.8, 4) is 0 Å². The summed E-state index contributed by atoms with van der Waals surface area (Å²) in [6.45, 7) is 5.04. The van der Waals surface area contributed by atoms with Gasteiger partial charge in [0.15, 0.2) is 0 Å². The summed E-state index contributed by atoms with van der Waals surface area (Å²) in [7, 11) is -0.223. The molecule has 2 rings (SSSR count). The Morgan fingerprint density at radius 3 is 2.68 bits per heavy atom. The van der Waals surface area contributed by atoms with Crippen molar-refractivity contribution in [2.24, 2.45) is 5.92 Å². The topological polar surface area (TPSA) is 0 Å². The minimum atomic E-state index is -0.223. The Bertz CT molecular complexity index is 433. The molecule has 1 aromatic rings. The van der Waals surface area contributed by atoms with Crippen molar-refractivity contribution in [1.29, 1.82) is 0 Å². The second-order valence-corrected chi connectivity index (χ2v) is 10.2. The van der Waals surface area contributed by atoms with Crippen LogP contribution < -0.4 is 5.19 Å². The minimum Gasteiger partial charge on any atom is -0.0876 e. The first-order valence-corrected chi connectivity index (χ1v) is 11.0. The summed E-state index contributed by atoms with van der Waals surface area (Å²) in [5.74, 6) is 0.906. The van der Waals surface area contributed by atoms with Crippen LogP contribution in [0, 0.1) is 5.92 Å². The van der Waals surface area contributed by atoms with Gasteiger partial charge in [0.05, 0.1) is 9.52 Å². The van der Waals surface area contributed by atoms with E-state index in [4.69, 9.17) is 0 Å². The second-order valence-electron chi connectivity index (χ2n) is 6.35. The molecule has 0 spiro atoms. The van der Waals surface area contributed by atoms with Crippen LogP contribution in [0.25, 0.3) is 0 Å². The summed E-state index contributed by atoms with van der Waals surface area (Å²) in [5, 5.41) is 4.29. The van der Waals surface area contributed by atoms with Crippen LogP contribution in [0.2, 0.25) is 5.04 Å². The molecule has 1 saturated carbocycles. The maximum absolute atomic E-state index is 3.66. The van der Waals surface area contributed by atoms with Crippen LogP contribution in [0.15, 0.2) is 18.2 Å². The molecule has 0 bridgehead atoms. The summed E-state index contributed by atoms with van der Waals surface area (Å²) < 4.78 is 0. The van der Waals surface area contributed by atoms with Gasteiger partial charge in [-0.1, -0.05) is 94.8 Å². The van der Waals surface area contributed by atoms with Crippen molar-refractivity contribution in [2.45, 2.75) is 55.2 Å². The summed E-state index contributed by atoms with van der Waals surface area (Å²) in [4.78, 5) is 0. The zero-order chi connectivity index (χ0) is 13.9. The molecule has 1 fully saturated rings. The quantitative estimate of drug-likeness (QED) is 0.506. The lowest BCUT2D eigenvalue weighted by molar-refractivity contribution is 0.293. The standard InChI is InChI=1S/C16H24Br2Si/c1-12-5-3-4-8-16(12,2)19-15-9-13(10-17)6-7-14(15)11-18/h6-7,9,12H,3-5,8,10-11,19H2,1-2H3. The monoisotopic (exact) mass is 402 g/mol. The molecule has 0 amide bonds. The van der Waals surface area contributed by atoms with Crippen LogP contribution >= 0.6 is 31.9 Å². The smallest absolute Gasteiger partial charge is 0.0613 e. The average molecular weight is 404 g/mol. The van der Waals surface area contributed by atoms with Crippen molar-refractivity contribution in [2.75, 3.05) is 0 Å². The Labute approximate surface area is 136 Å². The third-order valence-electron chi connectivity index (χ3n) is 4.99. The first-order chi connectivity index (χ1) is 9.09. The van der Waals surface area contributed by atoms with Crippen molar-refractivity contribution < 1.29 is 0 Å². The third-order valence-corrected chi connectivity index (χ3v) is 9.14. The molecule has 0 heterocycles. The summed E-state index contributed by atoms with van der Waals surface area (Å²) in [6, 6.07) is 7.05. The molecule has 0 radical (unpaired) electrons. The number of hydrogen-bond acceptors (Lipinski definition) is 0. The predicted octanol–water partition coefficient (Wildman–Crippen LogP) is 4.66. The van der Waals surface area contributed by atoms with Gasteiger partial charge in [-0.25, -0.2) is 0 Å². The van der Waals surface area contributed by atoms with Crippen LogP contribution in [-0.2, 0) is 10.7 Å². The highest BCUT2D eigenvalue weighted by atomic mass is 79.9. The van der Waals surface area contributed by atoms with E-state index in [9.17, 15) is 0 Å². The highest BCUT2D eigenvalue weighted by Gasteiger charge is 2.34. The van der Waals surface area contributed by atoms with Crippen molar-refractivity contribution >= 4 is 46.6 Å². The molecular formula is C16H24Br2Si. The minimum absolute atomic E-state index is 0.223. The van der Waals surface area contributed by atoms with E-state index in [1.807, 2.05) is 0 Å². The normalized spacial score (nSPS) is 28.1. The van der Waals surface area contributed by atoms with Crippen molar-refractivity contribution in [3.63, 3.8) is 0 Å². The number of benzene rings is 1. The second kappa shape index (κ2) is 6.90. The van der Waals surface area contributed by atoms with Crippen LogP contribution in [-0.4, -0.2) is 9.52 Å². The largest absolute Gasteiger partial charge is 0.0876 e. The van der Waals surface area contributed by atoms with Gasteiger partial charge in [0.2, 0.25) is 0 Å². The Hall–Kier alpha value is 0.397. The molecular weight excluding hydrogens is 380 g/mol. The van der Waals surface area contributed by atoms with E-state index in [0.717, 1.165) is 16.6 Å². The number of hydrogen-bond donors (Lipinski definition) is 0. The van der Waals surface area contributed by atoms with E-state index < -0.39 is 0 Å². The molecule has 1 aromatic carbocycles. The lowest BCUT2D eigenvalue weighted by Gasteiger charge is -2.40. The van der Waals surface area contributed by atoms with E-state index >= 15 is 0 Å². The van der Waals surface area contributed by atoms with Crippen LogP contribution in [0.3, 0.4) is 0 Å². The van der Waals surface area contributed by atoms with Crippen molar-refractivity contribution in [3.05, 3.63) is 29.3 Å². The zero-order valence-corrected chi connectivity index (χ0v) is 16.6. The molecule has 19 heavy (non-hydrogen) atoms. The molecule has 0 aromatic heterocycles.